The van der Waals surface area contributed by atoms with Crippen molar-refractivity contribution < 1.29 is 9.53 Å². The van der Waals surface area contributed by atoms with Crippen molar-refractivity contribution >= 4 is 11.9 Å². The van der Waals surface area contributed by atoms with E-state index in [4.69, 9.17) is 4.74 Å². The normalized spacial score (nSPS) is 10.5. The summed E-state index contributed by atoms with van der Waals surface area (Å²) in [4.78, 5) is 22.0. The molecule has 1 aromatic heterocycles. The molecule has 19 heavy (non-hydrogen) atoms. The first-order valence-electron chi connectivity index (χ1n) is 6.12. The zero-order valence-corrected chi connectivity index (χ0v) is 11.6. The number of rotatable bonds is 8. The highest BCUT2D eigenvalue weighted by atomic mass is 16.5. The predicted octanol–water partition coefficient (Wildman–Crippen LogP) is -0.174. The van der Waals surface area contributed by atoms with Gasteiger partial charge in [-0.1, -0.05) is 0 Å². The van der Waals surface area contributed by atoms with Gasteiger partial charge >= 0.3 is 0 Å². The van der Waals surface area contributed by atoms with E-state index in [9.17, 15) is 4.79 Å². The first kappa shape index (κ1) is 15.3. The number of hydrogen-bond acceptors (Lipinski definition) is 6. The van der Waals surface area contributed by atoms with Crippen molar-refractivity contribution in [3.05, 3.63) is 18.0 Å². The molecule has 1 rings (SSSR count). The van der Waals surface area contributed by atoms with Gasteiger partial charge in [-0.05, 0) is 20.2 Å². The lowest BCUT2D eigenvalue weighted by Crippen LogP contribution is -2.32. The van der Waals surface area contributed by atoms with E-state index in [-0.39, 0.29) is 5.91 Å². The maximum Gasteiger partial charge on any atom is 0.270 e. The van der Waals surface area contributed by atoms with Gasteiger partial charge in [0.05, 0.1) is 6.61 Å². The van der Waals surface area contributed by atoms with Crippen molar-refractivity contribution in [1.29, 1.82) is 0 Å². The van der Waals surface area contributed by atoms with Crippen LogP contribution in [0.1, 0.15) is 10.5 Å². The quantitative estimate of drug-likeness (QED) is 0.636. The van der Waals surface area contributed by atoms with Crippen LogP contribution in [0.3, 0.4) is 0 Å². The van der Waals surface area contributed by atoms with E-state index in [1.54, 1.807) is 19.4 Å². The zero-order chi connectivity index (χ0) is 14.1. The maximum atomic E-state index is 11.8. The van der Waals surface area contributed by atoms with Crippen LogP contribution in [0.5, 0.6) is 0 Å². The number of aromatic nitrogens is 2. The molecule has 0 saturated heterocycles. The molecule has 1 amide bonds. The molecule has 106 valence electrons. The van der Waals surface area contributed by atoms with Crippen molar-refractivity contribution in [3.8, 4) is 0 Å². The zero-order valence-electron chi connectivity index (χ0n) is 11.6. The summed E-state index contributed by atoms with van der Waals surface area (Å²) in [6.45, 7) is 2.53. The summed E-state index contributed by atoms with van der Waals surface area (Å²) < 4.78 is 4.91. The van der Waals surface area contributed by atoms with Crippen LogP contribution in [0.2, 0.25) is 0 Å². The fourth-order valence-corrected chi connectivity index (χ4v) is 1.32. The number of likely N-dealkylation sites (N-methyl/N-ethyl adjacent to an activating group) is 1. The molecule has 7 heteroatoms. The van der Waals surface area contributed by atoms with Gasteiger partial charge in [0, 0.05) is 32.9 Å². The Hall–Kier alpha value is -1.73. The van der Waals surface area contributed by atoms with Crippen LogP contribution in [0.4, 0.5) is 5.95 Å². The Morgan fingerprint density at radius 3 is 2.89 bits per heavy atom. The largest absolute Gasteiger partial charge is 0.383 e. The van der Waals surface area contributed by atoms with Crippen LogP contribution >= 0.6 is 0 Å². The molecule has 0 aliphatic heterocycles. The first-order chi connectivity index (χ1) is 9.13. The molecule has 0 saturated carbocycles. The summed E-state index contributed by atoms with van der Waals surface area (Å²) >= 11 is 0. The van der Waals surface area contributed by atoms with Crippen LogP contribution in [-0.4, -0.2) is 68.2 Å². The Kier molecular flexibility index (Phi) is 6.76. The number of methoxy groups -OCH3 is 1. The van der Waals surface area contributed by atoms with Crippen molar-refractivity contribution in [1.82, 2.24) is 20.2 Å². The Bertz CT molecular complexity index is 397. The predicted molar refractivity (Wildman–Crippen MR) is 73.3 cm³/mol. The van der Waals surface area contributed by atoms with Crippen molar-refractivity contribution in [2.24, 2.45) is 0 Å². The molecule has 0 aromatic carbocycles. The second-order valence-electron chi connectivity index (χ2n) is 4.24. The maximum absolute atomic E-state index is 11.8. The van der Waals surface area contributed by atoms with E-state index >= 15 is 0 Å². The second kappa shape index (κ2) is 8.39. The Balaban J connectivity index is 2.48. The van der Waals surface area contributed by atoms with Crippen molar-refractivity contribution in [3.63, 3.8) is 0 Å². The highest BCUT2D eigenvalue weighted by Gasteiger charge is 2.08. The van der Waals surface area contributed by atoms with Gasteiger partial charge in [0.1, 0.15) is 5.69 Å². The summed E-state index contributed by atoms with van der Waals surface area (Å²) in [5.74, 6) is 0.233. The summed E-state index contributed by atoms with van der Waals surface area (Å²) in [5, 5.41) is 5.78. The van der Waals surface area contributed by atoms with Crippen LogP contribution in [0, 0.1) is 0 Å². The van der Waals surface area contributed by atoms with Gasteiger partial charge in [0.15, 0.2) is 0 Å². The number of nitrogens with zero attached hydrogens (tertiary/aromatic N) is 3. The summed E-state index contributed by atoms with van der Waals surface area (Å²) in [7, 11) is 5.53. The summed E-state index contributed by atoms with van der Waals surface area (Å²) in [6, 6.07) is 1.59. The fourth-order valence-electron chi connectivity index (χ4n) is 1.32. The topological polar surface area (TPSA) is 79.4 Å². The molecular formula is C12H21N5O2. The standard InChI is InChI=1S/C12H21N5O2/c1-17(2)8-6-13-11(18)10-4-5-14-12(16-10)15-7-9-19-3/h4-5H,6-9H2,1-3H3,(H,13,18)(H,14,15,16). The van der Waals surface area contributed by atoms with E-state index in [0.717, 1.165) is 6.54 Å². The van der Waals surface area contributed by atoms with Gasteiger partial charge in [0.25, 0.3) is 5.91 Å². The third-order valence-electron chi connectivity index (χ3n) is 2.32. The third-order valence-corrected chi connectivity index (χ3v) is 2.32. The molecule has 7 nitrogen and oxygen atoms in total. The highest BCUT2D eigenvalue weighted by Crippen LogP contribution is 2.00. The first-order valence-corrected chi connectivity index (χ1v) is 6.12. The number of carbonyl (C=O) groups excluding carboxylic acids is 1. The second-order valence-corrected chi connectivity index (χ2v) is 4.24. The molecule has 0 unspecified atom stereocenters. The van der Waals surface area contributed by atoms with E-state index in [0.29, 0.717) is 31.3 Å². The highest BCUT2D eigenvalue weighted by molar-refractivity contribution is 5.92. The van der Waals surface area contributed by atoms with Gasteiger partial charge in [0.2, 0.25) is 5.95 Å². The molecule has 0 fully saturated rings. The Labute approximate surface area is 113 Å². The Morgan fingerprint density at radius 2 is 2.21 bits per heavy atom. The van der Waals surface area contributed by atoms with Gasteiger partial charge in [-0.3, -0.25) is 4.79 Å². The number of amides is 1. The summed E-state index contributed by atoms with van der Waals surface area (Å²) in [5.41, 5.74) is 0.355. The number of carbonyl (C=O) groups is 1. The molecule has 1 heterocycles. The minimum atomic E-state index is -0.195. The van der Waals surface area contributed by atoms with Crippen LogP contribution in [-0.2, 0) is 4.74 Å². The molecule has 0 bridgehead atoms. The smallest absolute Gasteiger partial charge is 0.270 e. The Morgan fingerprint density at radius 1 is 1.42 bits per heavy atom. The minimum absolute atomic E-state index is 0.195. The van der Waals surface area contributed by atoms with E-state index in [1.807, 2.05) is 19.0 Å². The van der Waals surface area contributed by atoms with Crippen molar-refractivity contribution in [2.45, 2.75) is 0 Å². The van der Waals surface area contributed by atoms with Crippen molar-refractivity contribution in [2.75, 3.05) is 52.8 Å². The average molecular weight is 267 g/mol. The van der Waals surface area contributed by atoms with E-state index in [2.05, 4.69) is 20.6 Å². The number of ether oxygens (including phenoxy) is 1. The van der Waals surface area contributed by atoms with E-state index in [1.165, 1.54) is 0 Å². The summed E-state index contributed by atoms with van der Waals surface area (Å²) in [6.07, 6.45) is 1.56. The number of hydrogen-bond donors (Lipinski definition) is 2. The molecule has 1 aromatic rings. The lowest BCUT2D eigenvalue weighted by Gasteiger charge is -2.10. The van der Waals surface area contributed by atoms with Gasteiger partial charge in [-0.2, -0.15) is 0 Å². The number of anilines is 1. The van der Waals surface area contributed by atoms with Gasteiger partial charge in [-0.15, -0.1) is 0 Å². The van der Waals surface area contributed by atoms with Crippen LogP contribution in [0.15, 0.2) is 12.3 Å². The molecule has 2 N–H and O–H groups in total. The van der Waals surface area contributed by atoms with Gasteiger partial charge in [-0.25, -0.2) is 9.97 Å². The molecule has 0 atom stereocenters. The average Bonchev–Trinajstić information content (AvgIpc) is 2.39. The van der Waals surface area contributed by atoms with Crippen LogP contribution < -0.4 is 10.6 Å². The van der Waals surface area contributed by atoms with Gasteiger partial charge < -0.3 is 20.3 Å². The molecule has 0 radical (unpaired) electrons. The molecule has 0 spiro atoms. The monoisotopic (exact) mass is 267 g/mol. The molecule has 0 aliphatic rings. The van der Waals surface area contributed by atoms with E-state index < -0.39 is 0 Å². The fraction of sp³-hybridized carbons (Fsp3) is 0.583. The SMILES string of the molecule is COCCNc1nccc(C(=O)NCCN(C)C)n1. The lowest BCUT2D eigenvalue weighted by atomic mass is 10.4. The third kappa shape index (κ3) is 6.12. The molecule has 0 aliphatic carbocycles. The lowest BCUT2D eigenvalue weighted by molar-refractivity contribution is 0.0946. The number of nitrogens with one attached hydrogen (secondary N) is 2. The minimum Gasteiger partial charge on any atom is -0.383 e. The van der Waals surface area contributed by atoms with Crippen LogP contribution in [0.25, 0.3) is 0 Å². The molecular weight excluding hydrogens is 246 g/mol.